The number of halogens is 3. The topological polar surface area (TPSA) is 12.0 Å². The number of hydrogen-bond acceptors (Lipinski definition) is 2. The van der Waals surface area contributed by atoms with Gasteiger partial charge in [0.25, 0.3) is 0 Å². The standard InChI is InChI=1S/C12H14BrClFNS/c1-7-11(3-2-4-17-7)16-12-9(13)5-8(15)6-10(12)14/h5-7,11,16H,2-4H2,1H3. The minimum atomic E-state index is -0.321. The summed E-state index contributed by atoms with van der Waals surface area (Å²) >= 11 is 11.4. The molecule has 0 bridgehead atoms. The summed E-state index contributed by atoms with van der Waals surface area (Å²) in [4.78, 5) is 0. The summed E-state index contributed by atoms with van der Waals surface area (Å²) in [5.41, 5.74) is 0.799. The Morgan fingerprint density at radius 2 is 2.29 bits per heavy atom. The number of nitrogens with one attached hydrogen (secondary N) is 1. The van der Waals surface area contributed by atoms with Gasteiger partial charge in [0.15, 0.2) is 0 Å². The molecule has 1 aromatic carbocycles. The van der Waals surface area contributed by atoms with Gasteiger partial charge in [0.1, 0.15) is 5.82 Å². The van der Waals surface area contributed by atoms with E-state index in [-0.39, 0.29) is 5.82 Å². The van der Waals surface area contributed by atoms with E-state index in [2.05, 4.69) is 28.2 Å². The van der Waals surface area contributed by atoms with Crippen molar-refractivity contribution >= 4 is 45.0 Å². The summed E-state index contributed by atoms with van der Waals surface area (Å²) in [5, 5.41) is 4.41. The van der Waals surface area contributed by atoms with E-state index in [1.807, 2.05) is 11.8 Å². The van der Waals surface area contributed by atoms with E-state index in [1.54, 1.807) is 0 Å². The van der Waals surface area contributed by atoms with Gasteiger partial charge in [-0.3, -0.25) is 0 Å². The molecular formula is C12H14BrClFNS. The van der Waals surface area contributed by atoms with Gasteiger partial charge in [-0.15, -0.1) is 0 Å². The molecule has 2 rings (SSSR count). The predicted octanol–water partition coefficient (Wildman–Crippen LogP) is 4.94. The van der Waals surface area contributed by atoms with Crippen molar-refractivity contribution in [3.8, 4) is 0 Å². The Morgan fingerprint density at radius 1 is 1.53 bits per heavy atom. The molecule has 17 heavy (non-hydrogen) atoms. The molecule has 2 atom stereocenters. The maximum absolute atomic E-state index is 13.1. The van der Waals surface area contributed by atoms with Crippen LogP contribution < -0.4 is 5.32 Å². The van der Waals surface area contributed by atoms with Gasteiger partial charge >= 0.3 is 0 Å². The van der Waals surface area contributed by atoms with E-state index in [0.29, 0.717) is 20.8 Å². The first-order chi connectivity index (χ1) is 8.08. The minimum Gasteiger partial charge on any atom is -0.379 e. The Balaban J connectivity index is 2.17. The fourth-order valence-corrected chi connectivity index (χ4v) is 4.04. The summed E-state index contributed by atoms with van der Waals surface area (Å²) in [6.45, 7) is 2.22. The maximum atomic E-state index is 13.1. The van der Waals surface area contributed by atoms with Crippen LogP contribution in [0.5, 0.6) is 0 Å². The van der Waals surface area contributed by atoms with E-state index in [0.717, 1.165) is 12.1 Å². The largest absolute Gasteiger partial charge is 0.379 e. The van der Waals surface area contributed by atoms with Crippen LogP contribution in [0, 0.1) is 5.82 Å². The van der Waals surface area contributed by atoms with Crippen LogP contribution in [0.1, 0.15) is 19.8 Å². The first-order valence-corrected chi connectivity index (χ1v) is 7.82. The van der Waals surface area contributed by atoms with Crippen molar-refractivity contribution in [1.29, 1.82) is 0 Å². The van der Waals surface area contributed by atoms with Crippen LogP contribution in [-0.2, 0) is 0 Å². The van der Waals surface area contributed by atoms with Crippen LogP contribution in [-0.4, -0.2) is 17.0 Å². The third-order valence-electron chi connectivity index (χ3n) is 2.94. The molecule has 1 aliphatic heterocycles. The smallest absolute Gasteiger partial charge is 0.125 e. The lowest BCUT2D eigenvalue weighted by atomic mass is 10.1. The fourth-order valence-electron chi connectivity index (χ4n) is 1.98. The lowest BCUT2D eigenvalue weighted by Gasteiger charge is -2.30. The molecule has 1 saturated heterocycles. The molecular weight excluding hydrogens is 325 g/mol. The van der Waals surface area contributed by atoms with E-state index < -0.39 is 0 Å². The second-order valence-corrected chi connectivity index (χ2v) is 6.96. The molecule has 0 aromatic heterocycles. The summed E-state index contributed by atoms with van der Waals surface area (Å²) in [6.07, 6.45) is 2.34. The van der Waals surface area contributed by atoms with Gasteiger partial charge in [-0.1, -0.05) is 18.5 Å². The van der Waals surface area contributed by atoms with Crippen LogP contribution in [0.25, 0.3) is 0 Å². The first-order valence-electron chi connectivity index (χ1n) is 5.60. The minimum absolute atomic E-state index is 0.321. The summed E-state index contributed by atoms with van der Waals surface area (Å²) in [6, 6.07) is 3.18. The number of anilines is 1. The van der Waals surface area contributed by atoms with Gasteiger partial charge < -0.3 is 5.32 Å². The monoisotopic (exact) mass is 337 g/mol. The van der Waals surface area contributed by atoms with Gasteiger partial charge in [-0.2, -0.15) is 11.8 Å². The van der Waals surface area contributed by atoms with Gasteiger partial charge in [0.05, 0.1) is 10.7 Å². The molecule has 0 radical (unpaired) electrons. The molecule has 2 unspecified atom stereocenters. The zero-order valence-electron chi connectivity index (χ0n) is 9.47. The summed E-state index contributed by atoms with van der Waals surface area (Å²) in [5.74, 6) is 0.899. The molecule has 1 nitrogen and oxygen atoms in total. The Kier molecular flexibility index (Phi) is 4.61. The van der Waals surface area contributed by atoms with Crippen molar-refractivity contribution in [3.63, 3.8) is 0 Å². The zero-order chi connectivity index (χ0) is 12.4. The van der Waals surface area contributed by atoms with Gasteiger partial charge in [-0.05, 0) is 46.7 Å². The van der Waals surface area contributed by atoms with Crippen LogP contribution in [0.2, 0.25) is 5.02 Å². The molecule has 0 aliphatic carbocycles. The van der Waals surface area contributed by atoms with Gasteiger partial charge in [0, 0.05) is 15.8 Å². The number of hydrogen-bond donors (Lipinski definition) is 1. The molecule has 1 aromatic rings. The van der Waals surface area contributed by atoms with Crippen molar-refractivity contribution in [2.45, 2.75) is 31.1 Å². The van der Waals surface area contributed by atoms with Crippen molar-refractivity contribution in [3.05, 3.63) is 27.4 Å². The normalized spacial score (nSPS) is 24.7. The molecule has 1 aliphatic rings. The van der Waals surface area contributed by atoms with Crippen molar-refractivity contribution in [2.75, 3.05) is 11.1 Å². The van der Waals surface area contributed by atoms with E-state index in [4.69, 9.17) is 11.6 Å². The summed E-state index contributed by atoms with van der Waals surface area (Å²) < 4.78 is 13.8. The van der Waals surface area contributed by atoms with Crippen LogP contribution in [0.4, 0.5) is 10.1 Å². The number of rotatable bonds is 2. The molecule has 1 fully saturated rings. The highest BCUT2D eigenvalue weighted by Gasteiger charge is 2.23. The van der Waals surface area contributed by atoms with Crippen molar-refractivity contribution < 1.29 is 4.39 Å². The third-order valence-corrected chi connectivity index (χ3v) is 5.25. The molecule has 0 saturated carbocycles. The highest BCUT2D eigenvalue weighted by Crippen LogP contribution is 2.35. The number of benzene rings is 1. The van der Waals surface area contributed by atoms with E-state index >= 15 is 0 Å². The van der Waals surface area contributed by atoms with Gasteiger partial charge in [-0.25, -0.2) is 4.39 Å². The Labute approximate surface area is 119 Å². The van der Waals surface area contributed by atoms with Crippen molar-refractivity contribution in [1.82, 2.24) is 0 Å². The molecule has 0 spiro atoms. The fraction of sp³-hybridized carbons (Fsp3) is 0.500. The highest BCUT2D eigenvalue weighted by molar-refractivity contribution is 9.10. The second kappa shape index (κ2) is 5.81. The van der Waals surface area contributed by atoms with E-state index in [1.165, 1.54) is 24.3 Å². The molecule has 0 amide bonds. The molecule has 5 heteroatoms. The Bertz CT molecular complexity index is 392. The van der Waals surface area contributed by atoms with Crippen LogP contribution in [0.3, 0.4) is 0 Å². The lowest BCUT2D eigenvalue weighted by molar-refractivity contribution is 0.614. The van der Waals surface area contributed by atoms with Crippen LogP contribution in [0.15, 0.2) is 16.6 Å². The third kappa shape index (κ3) is 3.30. The SMILES string of the molecule is CC1SCCCC1Nc1c(Cl)cc(F)cc1Br. The van der Waals surface area contributed by atoms with Crippen molar-refractivity contribution in [2.24, 2.45) is 0 Å². The Morgan fingerprint density at radius 3 is 2.94 bits per heavy atom. The quantitative estimate of drug-likeness (QED) is 0.820. The number of thioether (sulfide) groups is 1. The zero-order valence-corrected chi connectivity index (χ0v) is 12.6. The predicted molar refractivity (Wildman–Crippen MR) is 77.7 cm³/mol. The summed E-state index contributed by atoms with van der Waals surface area (Å²) in [7, 11) is 0. The lowest BCUT2D eigenvalue weighted by Crippen LogP contribution is -2.33. The Hall–Kier alpha value is 0.0700. The average Bonchev–Trinajstić information content (AvgIpc) is 2.25. The van der Waals surface area contributed by atoms with Gasteiger partial charge in [0.2, 0.25) is 0 Å². The van der Waals surface area contributed by atoms with E-state index in [9.17, 15) is 4.39 Å². The first kappa shape index (κ1) is 13.5. The second-order valence-electron chi connectivity index (χ2n) is 4.21. The molecule has 1 heterocycles. The maximum Gasteiger partial charge on any atom is 0.125 e. The average molecular weight is 339 g/mol. The highest BCUT2D eigenvalue weighted by atomic mass is 79.9. The molecule has 94 valence electrons. The van der Waals surface area contributed by atoms with Crippen LogP contribution >= 0.6 is 39.3 Å². The molecule has 1 N–H and O–H groups in total.